The Balaban J connectivity index is 2.21. The van der Waals surface area contributed by atoms with Crippen LogP contribution in [0, 0.1) is 17.1 Å². The lowest BCUT2D eigenvalue weighted by Gasteiger charge is -2.20. The standard InChI is InChI=1S/C18H19FN2/c1-2-3-9-17(15-7-5-4-6-8-15)21-18-11-10-14(13-20)12-16(18)19/h4-8,10-12,17,21H,2-3,9H2,1H3. The number of benzene rings is 2. The molecule has 1 atom stereocenters. The molecule has 21 heavy (non-hydrogen) atoms. The highest BCUT2D eigenvalue weighted by Gasteiger charge is 2.13. The van der Waals surface area contributed by atoms with Crippen LogP contribution in [0.3, 0.4) is 0 Å². The van der Waals surface area contributed by atoms with E-state index in [1.165, 1.54) is 6.07 Å². The number of nitrogens with zero attached hydrogens (tertiary/aromatic N) is 1. The van der Waals surface area contributed by atoms with Gasteiger partial charge in [-0.1, -0.05) is 50.1 Å². The molecule has 1 unspecified atom stereocenters. The van der Waals surface area contributed by atoms with Crippen LogP contribution < -0.4 is 5.32 Å². The van der Waals surface area contributed by atoms with Crippen LogP contribution in [0.5, 0.6) is 0 Å². The maximum atomic E-state index is 14.0. The van der Waals surface area contributed by atoms with Crippen molar-refractivity contribution in [2.75, 3.05) is 5.32 Å². The van der Waals surface area contributed by atoms with Gasteiger partial charge in [0.05, 0.1) is 23.4 Å². The quantitative estimate of drug-likeness (QED) is 0.805. The summed E-state index contributed by atoms with van der Waals surface area (Å²) in [5.41, 5.74) is 1.93. The zero-order chi connectivity index (χ0) is 15.1. The number of nitrogens with one attached hydrogen (secondary N) is 1. The van der Waals surface area contributed by atoms with Crippen LogP contribution in [0.4, 0.5) is 10.1 Å². The third-order valence-electron chi connectivity index (χ3n) is 3.48. The number of hydrogen-bond donors (Lipinski definition) is 1. The topological polar surface area (TPSA) is 35.8 Å². The second kappa shape index (κ2) is 7.44. The van der Waals surface area contributed by atoms with E-state index in [0.29, 0.717) is 11.3 Å². The van der Waals surface area contributed by atoms with Gasteiger partial charge in [0.15, 0.2) is 0 Å². The van der Waals surface area contributed by atoms with Crippen LogP contribution in [0.25, 0.3) is 0 Å². The van der Waals surface area contributed by atoms with Gasteiger partial charge in [0.2, 0.25) is 0 Å². The summed E-state index contributed by atoms with van der Waals surface area (Å²) >= 11 is 0. The minimum Gasteiger partial charge on any atom is -0.376 e. The van der Waals surface area contributed by atoms with Gasteiger partial charge in [-0.3, -0.25) is 0 Å². The van der Waals surface area contributed by atoms with Crippen molar-refractivity contribution >= 4 is 5.69 Å². The maximum absolute atomic E-state index is 14.0. The van der Waals surface area contributed by atoms with E-state index in [2.05, 4.69) is 24.4 Å². The molecule has 108 valence electrons. The first-order valence-corrected chi connectivity index (χ1v) is 7.25. The molecular formula is C18H19FN2. The summed E-state index contributed by atoms with van der Waals surface area (Å²) in [5, 5.41) is 12.1. The molecule has 1 N–H and O–H groups in total. The fraction of sp³-hybridized carbons (Fsp3) is 0.278. The molecule has 0 saturated carbocycles. The lowest BCUT2D eigenvalue weighted by atomic mass is 10.0. The molecule has 0 radical (unpaired) electrons. The van der Waals surface area contributed by atoms with Crippen molar-refractivity contribution in [3.8, 4) is 6.07 Å². The highest BCUT2D eigenvalue weighted by Crippen LogP contribution is 2.26. The fourth-order valence-corrected chi connectivity index (χ4v) is 2.31. The summed E-state index contributed by atoms with van der Waals surface area (Å²) in [4.78, 5) is 0. The smallest absolute Gasteiger partial charge is 0.147 e. The van der Waals surface area contributed by atoms with E-state index < -0.39 is 0 Å². The van der Waals surface area contributed by atoms with Gasteiger partial charge in [-0.05, 0) is 30.2 Å². The predicted molar refractivity (Wildman–Crippen MR) is 83.4 cm³/mol. The van der Waals surface area contributed by atoms with Gasteiger partial charge >= 0.3 is 0 Å². The minimum absolute atomic E-state index is 0.0774. The lowest BCUT2D eigenvalue weighted by molar-refractivity contribution is 0.607. The Morgan fingerprint density at radius 2 is 1.95 bits per heavy atom. The molecule has 3 heteroatoms. The Labute approximate surface area is 125 Å². The van der Waals surface area contributed by atoms with Crippen LogP contribution in [-0.2, 0) is 0 Å². The lowest BCUT2D eigenvalue weighted by Crippen LogP contribution is -2.12. The Hall–Kier alpha value is -2.34. The van der Waals surface area contributed by atoms with Gasteiger partial charge < -0.3 is 5.32 Å². The molecular weight excluding hydrogens is 263 g/mol. The molecule has 0 amide bonds. The SMILES string of the molecule is CCCCC(Nc1ccc(C#N)cc1F)c1ccccc1. The average molecular weight is 282 g/mol. The molecule has 0 bridgehead atoms. The summed E-state index contributed by atoms with van der Waals surface area (Å²) in [5.74, 6) is -0.383. The van der Waals surface area contributed by atoms with Crippen molar-refractivity contribution in [3.63, 3.8) is 0 Å². The average Bonchev–Trinajstić information content (AvgIpc) is 2.53. The molecule has 2 aromatic carbocycles. The number of rotatable bonds is 6. The Kier molecular flexibility index (Phi) is 5.34. The van der Waals surface area contributed by atoms with E-state index in [1.807, 2.05) is 24.3 Å². The van der Waals surface area contributed by atoms with E-state index in [9.17, 15) is 4.39 Å². The van der Waals surface area contributed by atoms with Gasteiger partial charge in [-0.25, -0.2) is 4.39 Å². The van der Waals surface area contributed by atoms with Crippen molar-refractivity contribution in [1.82, 2.24) is 0 Å². The monoisotopic (exact) mass is 282 g/mol. The third-order valence-corrected chi connectivity index (χ3v) is 3.48. The van der Waals surface area contributed by atoms with Crippen LogP contribution in [0.15, 0.2) is 48.5 Å². The second-order valence-corrected chi connectivity index (χ2v) is 5.06. The molecule has 0 aliphatic rings. The van der Waals surface area contributed by atoms with Crippen molar-refractivity contribution in [2.24, 2.45) is 0 Å². The van der Waals surface area contributed by atoms with Crippen LogP contribution in [0.1, 0.15) is 43.4 Å². The van der Waals surface area contributed by atoms with E-state index in [4.69, 9.17) is 5.26 Å². The molecule has 0 heterocycles. The van der Waals surface area contributed by atoms with E-state index in [0.717, 1.165) is 24.8 Å². The fourth-order valence-electron chi connectivity index (χ4n) is 2.31. The van der Waals surface area contributed by atoms with Gasteiger partial charge in [0.1, 0.15) is 5.82 Å². The maximum Gasteiger partial charge on any atom is 0.147 e. The first-order valence-electron chi connectivity index (χ1n) is 7.25. The van der Waals surface area contributed by atoms with E-state index in [-0.39, 0.29) is 11.9 Å². The van der Waals surface area contributed by atoms with Crippen molar-refractivity contribution < 1.29 is 4.39 Å². The summed E-state index contributed by atoms with van der Waals surface area (Å²) in [6, 6.07) is 16.6. The molecule has 2 nitrogen and oxygen atoms in total. The molecule has 0 spiro atoms. The van der Waals surface area contributed by atoms with Crippen LogP contribution in [-0.4, -0.2) is 0 Å². The second-order valence-electron chi connectivity index (χ2n) is 5.06. The molecule has 0 aliphatic heterocycles. The molecule has 0 fully saturated rings. The number of anilines is 1. The predicted octanol–water partition coefficient (Wildman–Crippen LogP) is 5.04. The summed E-state index contributed by atoms with van der Waals surface area (Å²) in [7, 11) is 0. The van der Waals surface area contributed by atoms with Gasteiger partial charge in [-0.15, -0.1) is 0 Å². The van der Waals surface area contributed by atoms with Crippen LogP contribution >= 0.6 is 0 Å². The number of hydrogen-bond acceptors (Lipinski definition) is 2. The zero-order valence-electron chi connectivity index (χ0n) is 12.1. The first kappa shape index (κ1) is 15.1. The Morgan fingerprint density at radius 3 is 2.57 bits per heavy atom. The zero-order valence-corrected chi connectivity index (χ0v) is 12.1. The summed E-state index contributed by atoms with van der Waals surface area (Å²) < 4.78 is 14.0. The number of halogens is 1. The van der Waals surface area contributed by atoms with E-state index >= 15 is 0 Å². The van der Waals surface area contributed by atoms with E-state index in [1.54, 1.807) is 12.1 Å². The molecule has 0 aromatic heterocycles. The summed E-state index contributed by atoms with van der Waals surface area (Å²) in [6.07, 6.45) is 3.12. The molecule has 0 aliphatic carbocycles. The molecule has 2 rings (SSSR count). The van der Waals surface area contributed by atoms with Crippen LogP contribution in [0.2, 0.25) is 0 Å². The minimum atomic E-state index is -0.383. The normalized spacial score (nSPS) is 11.7. The number of unbranched alkanes of at least 4 members (excludes halogenated alkanes) is 1. The van der Waals surface area contributed by atoms with Gasteiger partial charge in [0.25, 0.3) is 0 Å². The van der Waals surface area contributed by atoms with Gasteiger partial charge in [-0.2, -0.15) is 5.26 Å². The largest absolute Gasteiger partial charge is 0.376 e. The first-order chi connectivity index (χ1) is 10.2. The Bertz CT molecular complexity index is 617. The van der Waals surface area contributed by atoms with Crippen molar-refractivity contribution in [2.45, 2.75) is 32.2 Å². The van der Waals surface area contributed by atoms with Crippen molar-refractivity contribution in [1.29, 1.82) is 5.26 Å². The van der Waals surface area contributed by atoms with Crippen molar-refractivity contribution in [3.05, 3.63) is 65.5 Å². The highest BCUT2D eigenvalue weighted by atomic mass is 19.1. The van der Waals surface area contributed by atoms with Gasteiger partial charge in [0, 0.05) is 0 Å². The molecule has 0 saturated heterocycles. The highest BCUT2D eigenvalue weighted by molar-refractivity contribution is 5.50. The molecule has 2 aromatic rings. The third kappa shape index (κ3) is 4.06. The number of nitriles is 1. The Morgan fingerprint density at radius 1 is 1.19 bits per heavy atom. The summed E-state index contributed by atoms with van der Waals surface area (Å²) in [6.45, 7) is 2.14.